The molecule has 0 spiro atoms. The average Bonchev–Trinajstić information content (AvgIpc) is 2.65. The van der Waals surface area contributed by atoms with Gasteiger partial charge in [0.25, 0.3) is 0 Å². The number of hydrogen-bond donors (Lipinski definition) is 3. The molecule has 0 aliphatic heterocycles. The first-order valence-electron chi connectivity index (χ1n) is 6.88. The number of carbonyl (C=O) groups excluding carboxylic acids is 1. The van der Waals surface area contributed by atoms with Crippen molar-refractivity contribution < 1.29 is 24.6 Å². The topological polar surface area (TPSA) is 104 Å². The van der Waals surface area contributed by atoms with Crippen LogP contribution in [-0.2, 0) is 21.4 Å². The number of rotatable bonds is 2. The Hall–Kier alpha value is -1.89. The summed E-state index contributed by atoms with van der Waals surface area (Å²) in [6.07, 6.45) is 1.48. The number of aliphatic carboxylic acids is 1. The van der Waals surface area contributed by atoms with Gasteiger partial charge in [0.2, 0.25) is 0 Å². The minimum Gasteiger partial charge on any atom is -0.478 e. The van der Waals surface area contributed by atoms with Gasteiger partial charge >= 0.3 is 17.8 Å². The number of hydrogen-bond acceptors (Lipinski definition) is 4. The van der Waals surface area contributed by atoms with Crippen LogP contribution in [0, 0.1) is 5.41 Å². The van der Waals surface area contributed by atoms with E-state index >= 15 is 0 Å². The number of thiophene rings is 1. The van der Waals surface area contributed by atoms with Crippen LogP contribution < -0.4 is 5.32 Å². The molecule has 6 nitrogen and oxygen atoms in total. The Balaban J connectivity index is 2.60. The molecule has 1 amide bonds. The minimum atomic E-state index is -1.64. The first-order valence-corrected chi connectivity index (χ1v) is 7.70. The molecule has 0 radical (unpaired) electrons. The van der Waals surface area contributed by atoms with Gasteiger partial charge in [0.15, 0.2) is 0 Å². The fourth-order valence-electron chi connectivity index (χ4n) is 3.47. The Morgan fingerprint density at radius 1 is 1.14 bits per heavy atom. The Labute approximate surface area is 132 Å². The van der Waals surface area contributed by atoms with E-state index in [4.69, 9.17) is 5.11 Å². The summed E-state index contributed by atoms with van der Waals surface area (Å²) < 4.78 is 0. The van der Waals surface area contributed by atoms with Gasteiger partial charge in [0, 0.05) is 4.88 Å². The maximum absolute atomic E-state index is 11.6. The Morgan fingerprint density at radius 2 is 1.73 bits per heavy atom. The van der Waals surface area contributed by atoms with Crippen molar-refractivity contribution in [1.82, 2.24) is 0 Å². The summed E-state index contributed by atoms with van der Waals surface area (Å²) in [7, 11) is 0. The summed E-state index contributed by atoms with van der Waals surface area (Å²) in [4.78, 5) is 34.6. The highest BCUT2D eigenvalue weighted by Crippen LogP contribution is 2.51. The fourth-order valence-corrected chi connectivity index (χ4v) is 4.78. The van der Waals surface area contributed by atoms with Gasteiger partial charge in [-0.2, -0.15) is 0 Å². The number of anilines is 1. The van der Waals surface area contributed by atoms with Crippen molar-refractivity contribution in [3.8, 4) is 0 Å². The van der Waals surface area contributed by atoms with Gasteiger partial charge in [0.05, 0.1) is 5.56 Å². The highest BCUT2D eigenvalue weighted by Gasteiger charge is 2.42. The van der Waals surface area contributed by atoms with Gasteiger partial charge < -0.3 is 15.5 Å². The van der Waals surface area contributed by atoms with Gasteiger partial charge in [-0.15, -0.1) is 11.3 Å². The molecule has 7 heteroatoms. The van der Waals surface area contributed by atoms with E-state index in [2.05, 4.69) is 19.2 Å². The van der Waals surface area contributed by atoms with Crippen molar-refractivity contribution >= 4 is 34.2 Å². The number of fused-ring (bicyclic) bond motifs is 1. The second-order valence-electron chi connectivity index (χ2n) is 7.08. The third-order valence-corrected chi connectivity index (χ3v) is 5.35. The minimum absolute atomic E-state index is 0.0236. The standard InChI is InChI=1S/C15H19NO5S/c1-14(2)5-7-8(12(18)19)11(16-10(17)13(20)21)22-9(7)15(3,4)6-14/h5-6H2,1-4H3,(H,16,17)(H,18,19)(H,20,21). The zero-order valence-electron chi connectivity index (χ0n) is 12.9. The summed E-state index contributed by atoms with van der Waals surface area (Å²) in [5.41, 5.74) is 0.448. The molecule has 1 aliphatic carbocycles. The van der Waals surface area contributed by atoms with Gasteiger partial charge in [-0.25, -0.2) is 9.59 Å². The van der Waals surface area contributed by atoms with Crippen molar-refractivity contribution in [1.29, 1.82) is 0 Å². The number of carboxylic acids is 2. The van der Waals surface area contributed by atoms with E-state index in [9.17, 15) is 19.5 Å². The molecule has 1 heterocycles. The fraction of sp³-hybridized carbons (Fsp3) is 0.533. The molecule has 120 valence electrons. The van der Waals surface area contributed by atoms with E-state index < -0.39 is 17.8 Å². The van der Waals surface area contributed by atoms with E-state index in [-0.39, 0.29) is 21.4 Å². The molecular formula is C15H19NO5S. The van der Waals surface area contributed by atoms with Crippen LogP contribution in [0.5, 0.6) is 0 Å². The van der Waals surface area contributed by atoms with Crippen LogP contribution in [0.3, 0.4) is 0 Å². The highest BCUT2D eigenvalue weighted by atomic mass is 32.1. The Bertz CT molecular complexity index is 672. The zero-order valence-corrected chi connectivity index (χ0v) is 13.8. The predicted molar refractivity (Wildman–Crippen MR) is 82.7 cm³/mol. The molecule has 1 aromatic rings. The lowest BCUT2D eigenvalue weighted by molar-refractivity contribution is -0.147. The highest BCUT2D eigenvalue weighted by molar-refractivity contribution is 7.17. The quantitative estimate of drug-likeness (QED) is 0.725. The SMILES string of the molecule is CC1(C)Cc2c(sc(NC(=O)C(=O)O)c2C(=O)O)C(C)(C)C1. The van der Waals surface area contributed by atoms with Crippen LogP contribution in [0.1, 0.15) is 54.9 Å². The molecule has 22 heavy (non-hydrogen) atoms. The molecule has 0 fully saturated rings. The molecule has 0 saturated carbocycles. The second kappa shape index (κ2) is 5.08. The Kier molecular flexibility index (Phi) is 3.81. The maximum atomic E-state index is 11.6. The lowest BCUT2D eigenvalue weighted by Gasteiger charge is -2.40. The first kappa shape index (κ1) is 16.5. The van der Waals surface area contributed by atoms with E-state index in [0.717, 1.165) is 11.3 Å². The first-order chi connectivity index (χ1) is 9.94. The molecule has 1 aliphatic rings. The molecular weight excluding hydrogens is 306 g/mol. The normalized spacial score (nSPS) is 18.4. The van der Waals surface area contributed by atoms with Crippen molar-refractivity contribution in [2.75, 3.05) is 5.32 Å². The summed E-state index contributed by atoms with van der Waals surface area (Å²) in [5.74, 6) is -4.01. The van der Waals surface area contributed by atoms with Crippen LogP contribution in [-0.4, -0.2) is 28.1 Å². The van der Waals surface area contributed by atoms with Crippen LogP contribution in [0.4, 0.5) is 5.00 Å². The van der Waals surface area contributed by atoms with E-state index in [0.29, 0.717) is 12.0 Å². The number of amides is 1. The number of aromatic carboxylic acids is 1. The lowest BCUT2D eigenvalue weighted by atomic mass is 9.65. The van der Waals surface area contributed by atoms with Crippen LogP contribution >= 0.6 is 11.3 Å². The third-order valence-electron chi connectivity index (χ3n) is 3.83. The maximum Gasteiger partial charge on any atom is 0.394 e. The molecule has 0 aromatic carbocycles. The average molecular weight is 325 g/mol. The second-order valence-corrected chi connectivity index (χ2v) is 8.10. The van der Waals surface area contributed by atoms with Crippen LogP contribution in [0.2, 0.25) is 0 Å². The molecule has 0 unspecified atom stereocenters. The van der Waals surface area contributed by atoms with Crippen LogP contribution in [0.15, 0.2) is 0 Å². The van der Waals surface area contributed by atoms with Gasteiger partial charge in [-0.3, -0.25) is 4.79 Å². The van der Waals surface area contributed by atoms with Crippen LogP contribution in [0.25, 0.3) is 0 Å². The number of carbonyl (C=O) groups is 3. The number of carboxylic acid groups (broad SMARTS) is 2. The molecule has 2 rings (SSSR count). The lowest BCUT2D eigenvalue weighted by Crippen LogP contribution is -2.34. The van der Waals surface area contributed by atoms with Crippen molar-refractivity contribution in [3.05, 3.63) is 16.0 Å². The van der Waals surface area contributed by atoms with Crippen molar-refractivity contribution in [2.24, 2.45) is 5.41 Å². The molecule has 0 saturated heterocycles. The predicted octanol–water partition coefficient (Wildman–Crippen LogP) is 2.72. The Morgan fingerprint density at radius 3 is 2.23 bits per heavy atom. The van der Waals surface area contributed by atoms with Gasteiger partial charge in [0.1, 0.15) is 5.00 Å². The van der Waals surface area contributed by atoms with Gasteiger partial charge in [-0.05, 0) is 29.2 Å². The van der Waals surface area contributed by atoms with E-state index in [1.807, 2.05) is 13.8 Å². The molecule has 1 aromatic heterocycles. The van der Waals surface area contributed by atoms with E-state index in [1.54, 1.807) is 0 Å². The van der Waals surface area contributed by atoms with Crippen molar-refractivity contribution in [3.63, 3.8) is 0 Å². The molecule has 3 N–H and O–H groups in total. The van der Waals surface area contributed by atoms with E-state index in [1.165, 1.54) is 11.3 Å². The zero-order chi connectivity index (χ0) is 16.9. The monoisotopic (exact) mass is 325 g/mol. The summed E-state index contributed by atoms with van der Waals surface area (Å²) in [5, 5.41) is 20.5. The summed E-state index contributed by atoms with van der Waals surface area (Å²) in [6, 6.07) is 0. The summed E-state index contributed by atoms with van der Waals surface area (Å²) in [6.45, 7) is 8.24. The summed E-state index contributed by atoms with van der Waals surface area (Å²) >= 11 is 1.17. The van der Waals surface area contributed by atoms with Gasteiger partial charge in [-0.1, -0.05) is 27.7 Å². The third kappa shape index (κ3) is 2.85. The smallest absolute Gasteiger partial charge is 0.394 e. The largest absolute Gasteiger partial charge is 0.478 e. The molecule has 0 bridgehead atoms. The molecule has 0 atom stereocenters. The number of nitrogens with one attached hydrogen (secondary N) is 1. The van der Waals surface area contributed by atoms with Crippen molar-refractivity contribution in [2.45, 2.75) is 46.0 Å².